The fourth-order valence-corrected chi connectivity index (χ4v) is 9.03. The zero-order valence-corrected chi connectivity index (χ0v) is 24.7. The average Bonchev–Trinajstić information content (AvgIpc) is 2.90. The zero-order valence-electron chi connectivity index (χ0n) is 24.7. The first kappa shape index (κ1) is 28.7. The van der Waals surface area contributed by atoms with Gasteiger partial charge in [-0.25, -0.2) is 0 Å². The SMILES string of the molecule is CN(C)c1c(CNC[C@H]2CCC3CC2C3(C)C)cc(O)c2c1CC1C[C@H]3CC(O)=C(C(N)=O)C(=O)[C@@]3(O)C(O)=C1C2=O. The fraction of sp³-hybridized carbons (Fsp3) is 0.594. The number of nitrogens with zero attached hydrogens (tertiary/aromatic N) is 1. The number of aliphatic hydroxyl groups excluding tert-OH is 2. The minimum absolute atomic E-state index is 0.0358. The van der Waals surface area contributed by atoms with Crippen molar-refractivity contribution < 1.29 is 34.8 Å². The number of hydrogen-bond donors (Lipinski definition) is 6. The molecule has 3 saturated carbocycles. The molecule has 7 N–H and O–H groups in total. The second-order valence-electron chi connectivity index (χ2n) is 13.9. The number of carbonyl (C=O) groups excluding carboxylic acids is 3. The number of ketones is 2. The molecular formula is C32H41N3O7. The van der Waals surface area contributed by atoms with Gasteiger partial charge in [-0.2, -0.15) is 0 Å². The molecule has 1 aromatic carbocycles. The normalized spacial score (nSPS) is 33.0. The van der Waals surface area contributed by atoms with E-state index in [0.29, 0.717) is 23.4 Å². The Bertz CT molecular complexity index is 1470. The van der Waals surface area contributed by atoms with E-state index in [2.05, 4.69) is 19.2 Å². The molecule has 1 amide bonds. The maximum absolute atomic E-state index is 13.9. The number of allylic oxidation sites excluding steroid dienone is 2. The van der Waals surface area contributed by atoms with E-state index < -0.39 is 52.0 Å². The van der Waals surface area contributed by atoms with E-state index in [1.807, 2.05) is 19.0 Å². The van der Waals surface area contributed by atoms with Gasteiger partial charge >= 0.3 is 0 Å². The van der Waals surface area contributed by atoms with Gasteiger partial charge in [-0.3, -0.25) is 14.4 Å². The quantitative estimate of drug-likeness (QED) is 0.277. The summed E-state index contributed by atoms with van der Waals surface area (Å²) in [5.74, 6) is -4.05. The van der Waals surface area contributed by atoms with Crippen LogP contribution in [0.25, 0.3) is 0 Å². The largest absolute Gasteiger partial charge is 0.511 e. The van der Waals surface area contributed by atoms with Gasteiger partial charge < -0.3 is 36.4 Å². The first-order valence-electron chi connectivity index (χ1n) is 14.9. The second-order valence-corrected chi connectivity index (χ2v) is 13.9. The van der Waals surface area contributed by atoms with E-state index in [1.165, 1.54) is 19.3 Å². The third-order valence-electron chi connectivity index (χ3n) is 11.3. The van der Waals surface area contributed by atoms with Gasteiger partial charge in [0.15, 0.2) is 11.4 Å². The zero-order chi connectivity index (χ0) is 30.5. The summed E-state index contributed by atoms with van der Waals surface area (Å²) in [7, 11) is 3.77. The highest BCUT2D eigenvalue weighted by atomic mass is 16.3. The number of hydrogen-bond acceptors (Lipinski definition) is 9. The van der Waals surface area contributed by atoms with Gasteiger partial charge in [-0.05, 0) is 84.9 Å². The Labute approximate surface area is 245 Å². The number of phenolic OH excluding ortho intramolecular Hbond substituents is 1. The molecule has 10 nitrogen and oxygen atoms in total. The van der Waals surface area contributed by atoms with Crippen LogP contribution in [0.5, 0.6) is 5.75 Å². The lowest BCUT2D eigenvalue weighted by Gasteiger charge is -2.60. The highest BCUT2D eigenvalue weighted by Gasteiger charge is 2.60. The minimum Gasteiger partial charge on any atom is -0.511 e. The Hall–Kier alpha value is -3.37. The summed E-state index contributed by atoms with van der Waals surface area (Å²) >= 11 is 0. The topological polar surface area (TPSA) is 173 Å². The smallest absolute Gasteiger partial charge is 0.255 e. The molecule has 6 atom stereocenters. The third-order valence-corrected chi connectivity index (χ3v) is 11.3. The lowest BCUT2D eigenvalue weighted by Crippen LogP contribution is -2.57. The number of Topliss-reactive ketones (excluding diaryl/α,β-unsaturated/α-hetero) is 2. The molecule has 226 valence electrons. The predicted octanol–water partition coefficient (Wildman–Crippen LogP) is 2.81. The van der Waals surface area contributed by atoms with Crippen LogP contribution in [-0.4, -0.2) is 64.1 Å². The predicted molar refractivity (Wildman–Crippen MR) is 155 cm³/mol. The number of phenols is 1. The summed E-state index contributed by atoms with van der Waals surface area (Å²) in [4.78, 5) is 40.9. The number of carbonyl (C=O) groups is 3. The van der Waals surface area contributed by atoms with E-state index in [1.54, 1.807) is 6.07 Å². The molecule has 10 heteroatoms. The van der Waals surface area contributed by atoms with Crippen molar-refractivity contribution >= 4 is 23.2 Å². The van der Waals surface area contributed by atoms with Gasteiger partial charge in [0.25, 0.3) is 5.91 Å². The number of benzene rings is 1. The molecule has 6 aliphatic carbocycles. The molecule has 3 unspecified atom stereocenters. The number of aromatic hydroxyl groups is 1. The summed E-state index contributed by atoms with van der Waals surface area (Å²) in [6, 6.07) is 1.58. The van der Waals surface area contributed by atoms with E-state index in [9.17, 15) is 34.8 Å². The average molecular weight is 580 g/mol. The summed E-state index contributed by atoms with van der Waals surface area (Å²) in [5.41, 5.74) is 4.54. The van der Waals surface area contributed by atoms with Gasteiger partial charge in [0.2, 0.25) is 5.78 Å². The Balaban J connectivity index is 1.33. The van der Waals surface area contributed by atoms with Crippen LogP contribution >= 0.6 is 0 Å². The van der Waals surface area contributed by atoms with Crippen molar-refractivity contribution in [2.45, 2.75) is 64.5 Å². The monoisotopic (exact) mass is 579 g/mol. The van der Waals surface area contributed by atoms with Gasteiger partial charge in [0, 0.05) is 44.2 Å². The van der Waals surface area contributed by atoms with Crippen LogP contribution in [0.15, 0.2) is 28.7 Å². The molecule has 0 radical (unpaired) electrons. The van der Waals surface area contributed by atoms with Crippen molar-refractivity contribution in [1.29, 1.82) is 0 Å². The van der Waals surface area contributed by atoms with Crippen LogP contribution in [-0.2, 0) is 22.6 Å². The summed E-state index contributed by atoms with van der Waals surface area (Å²) < 4.78 is 0. The molecule has 42 heavy (non-hydrogen) atoms. The molecule has 0 spiro atoms. The molecule has 6 aliphatic rings. The van der Waals surface area contributed by atoms with Crippen molar-refractivity contribution in [1.82, 2.24) is 5.32 Å². The number of anilines is 1. The summed E-state index contributed by atoms with van der Waals surface area (Å²) in [5, 5.41) is 47.9. The molecule has 0 aromatic heterocycles. The molecule has 0 aliphatic heterocycles. The van der Waals surface area contributed by atoms with Crippen molar-refractivity contribution in [3.05, 3.63) is 45.4 Å². The molecular weight excluding hydrogens is 538 g/mol. The van der Waals surface area contributed by atoms with E-state index in [-0.39, 0.29) is 36.1 Å². The Morgan fingerprint density at radius 3 is 2.43 bits per heavy atom. The number of aliphatic hydroxyl groups is 3. The number of primary amides is 1. The van der Waals surface area contributed by atoms with Crippen molar-refractivity contribution in [2.75, 3.05) is 25.5 Å². The highest BCUT2D eigenvalue weighted by Crippen LogP contribution is 2.61. The number of fused-ring (bicyclic) bond motifs is 5. The first-order chi connectivity index (χ1) is 19.7. The Kier molecular flexibility index (Phi) is 6.55. The third kappa shape index (κ3) is 3.87. The van der Waals surface area contributed by atoms with Gasteiger partial charge in [-0.1, -0.05) is 13.8 Å². The number of amides is 1. The standard InChI is InChI=1S/C32H41N3O7/c1-31(2)17-6-5-14(20(31)10-17)12-34-13-16-9-21(36)24-19(26(16)35(3)4)8-15-7-18-11-22(37)25(30(33)41)29(40)32(18,42)28(39)23(15)27(24)38/h9,14-15,17-18,20,34,36-37,39,42H,5-8,10-13H2,1-4H3,(H2,33,41)/t14-,15?,17?,18+,20?,32+/m1/s1. The maximum atomic E-state index is 13.9. The molecule has 7 rings (SSSR count). The van der Waals surface area contributed by atoms with E-state index in [4.69, 9.17) is 5.73 Å². The fourth-order valence-electron chi connectivity index (χ4n) is 9.03. The van der Waals surface area contributed by atoms with Gasteiger partial charge in [0.05, 0.1) is 5.56 Å². The van der Waals surface area contributed by atoms with Crippen molar-refractivity contribution in [3.63, 3.8) is 0 Å². The first-order valence-corrected chi connectivity index (χ1v) is 14.9. The van der Waals surface area contributed by atoms with Crippen molar-refractivity contribution in [3.8, 4) is 5.75 Å². The second kappa shape index (κ2) is 9.57. The van der Waals surface area contributed by atoms with Gasteiger partial charge in [0.1, 0.15) is 22.8 Å². The molecule has 3 fully saturated rings. The van der Waals surface area contributed by atoms with Crippen LogP contribution in [0.4, 0.5) is 5.69 Å². The molecule has 0 saturated heterocycles. The molecule has 0 heterocycles. The number of nitrogens with two attached hydrogens (primary N) is 1. The Morgan fingerprint density at radius 1 is 1.10 bits per heavy atom. The van der Waals surface area contributed by atoms with E-state index >= 15 is 0 Å². The van der Waals surface area contributed by atoms with Crippen LogP contribution in [0.1, 0.15) is 67.4 Å². The number of nitrogens with one attached hydrogen (secondary N) is 1. The highest BCUT2D eigenvalue weighted by molar-refractivity contribution is 6.24. The van der Waals surface area contributed by atoms with Crippen LogP contribution in [0.2, 0.25) is 0 Å². The minimum atomic E-state index is -2.56. The summed E-state index contributed by atoms with van der Waals surface area (Å²) in [6.07, 6.45) is 3.93. The van der Waals surface area contributed by atoms with Crippen LogP contribution in [0, 0.1) is 35.0 Å². The summed E-state index contributed by atoms with van der Waals surface area (Å²) in [6.45, 7) is 6.15. The molecule has 2 bridgehead atoms. The van der Waals surface area contributed by atoms with Crippen LogP contribution in [0.3, 0.4) is 0 Å². The lowest BCUT2D eigenvalue weighted by atomic mass is 9.45. The van der Waals surface area contributed by atoms with Gasteiger partial charge in [-0.15, -0.1) is 0 Å². The van der Waals surface area contributed by atoms with E-state index in [0.717, 1.165) is 29.6 Å². The Morgan fingerprint density at radius 2 is 1.81 bits per heavy atom. The molecule has 1 aromatic rings. The van der Waals surface area contributed by atoms with Crippen LogP contribution < -0.4 is 16.0 Å². The maximum Gasteiger partial charge on any atom is 0.255 e. The van der Waals surface area contributed by atoms with Crippen molar-refractivity contribution in [2.24, 2.45) is 40.7 Å². The number of rotatable bonds is 6. The lowest BCUT2D eigenvalue weighted by molar-refractivity contribution is -0.144.